The van der Waals surface area contributed by atoms with Crippen LogP contribution in [0, 0.1) is 23.2 Å². The largest absolute Gasteiger partial charge is 0.339 e. The highest BCUT2D eigenvalue weighted by molar-refractivity contribution is 7.85. The number of hydrogen-bond donors (Lipinski definition) is 0. The molecule has 1 aromatic carbocycles. The Labute approximate surface area is 226 Å². The quantitative estimate of drug-likeness (QED) is 0.216. The van der Waals surface area contributed by atoms with Gasteiger partial charge in [-0.3, -0.25) is 8.98 Å². The number of nitrogens with zero attached hydrogens (tertiary/aromatic N) is 4. The maximum Gasteiger partial charge on any atom is 0.264 e. The lowest BCUT2D eigenvalue weighted by molar-refractivity contribution is 0.0740. The fourth-order valence-corrected chi connectivity index (χ4v) is 4.59. The first kappa shape index (κ1) is 29.3. The van der Waals surface area contributed by atoms with E-state index in [0.29, 0.717) is 54.5 Å². The number of pyridine rings is 1. The van der Waals surface area contributed by atoms with Crippen molar-refractivity contribution >= 4 is 21.7 Å². The van der Waals surface area contributed by atoms with Gasteiger partial charge < -0.3 is 9.30 Å². The van der Waals surface area contributed by atoms with Gasteiger partial charge in [0.25, 0.3) is 16.0 Å². The first-order valence-electron chi connectivity index (χ1n) is 13.1. The molecule has 0 saturated heterocycles. The van der Waals surface area contributed by atoms with Crippen molar-refractivity contribution in [3.05, 3.63) is 59.4 Å². The van der Waals surface area contributed by atoms with Crippen LogP contribution < -0.4 is 0 Å². The fraction of sp³-hybridized carbons (Fsp3) is 0.483. The molecule has 0 bridgehead atoms. The Morgan fingerprint density at radius 2 is 1.68 bits per heavy atom. The number of carbonyl (C=O) groups excluding carboxylic acids is 1. The Hall–Kier alpha value is -3.22. The van der Waals surface area contributed by atoms with Gasteiger partial charge >= 0.3 is 0 Å². The highest BCUT2D eigenvalue weighted by Gasteiger charge is 2.20. The molecule has 0 N–H and O–H groups in total. The molecule has 2 aromatic heterocycles. The van der Waals surface area contributed by atoms with Gasteiger partial charge in [-0.05, 0) is 61.8 Å². The topological polar surface area (TPSA) is 105 Å². The van der Waals surface area contributed by atoms with Crippen molar-refractivity contribution in [3.63, 3.8) is 0 Å². The summed E-state index contributed by atoms with van der Waals surface area (Å²) in [7, 11) is -3.53. The molecule has 0 fully saturated rings. The number of rotatable bonds is 13. The first-order valence-corrected chi connectivity index (χ1v) is 15.0. The molecule has 8 nitrogen and oxygen atoms in total. The molecule has 0 spiro atoms. The third-order valence-electron chi connectivity index (χ3n) is 6.35. The number of carbonyl (C=O) groups is 1. The summed E-state index contributed by atoms with van der Waals surface area (Å²) in [5, 5.41) is 9.17. The van der Waals surface area contributed by atoms with E-state index < -0.39 is 10.1 Å². The second kappa shape index (κ2) is 13.0. The Balaban J connectivity index is 1.99. The molecule has 0 aliphatic carbocycles. The van der Waals surface area contributed by atoms with Crippen molar-refractivity contribution in [2.75, 3.05) is 26.0 Å². The molecule has 0 atom stereocenters. The average molecular weight is 539 g/mol. The molecule has 204 valence electrons. The molecule has 1 amide bonds. The number of amides is 1. The summed E-state index contributed by atoms with van der Waals surface area (Å²) >= 11 is 0. The SMILES string of the molecule is CC(C)CCN(CCC(C)C)C(=O)c1ccc2nc(-c3ccc(C#N)cc3)c(CCCOS(C)(=O)=O)n2c1. The summed E-state index contributed by atoms with van der Waals surface area (Å²) in [4.78, 5) is 20.4. The van der Waals surface area contributed by atoms with Crippen molar-refractivity contribution in [1.82, 2.24) is 14.3 Å². The maximum absolute atomic E-state index is 13.6. The van der Waals surface area contributed by atoms with Gasteiger partial charge in [-0.15, -0.1) is 0 Å². The Morgan fingerprint density at radius 1 is 1.05 bits per heavy atom. The zero-order valence-electron chi connectivity index (χ0n) is 23.0. The van der Waals surface area contributed by atoms with Gasteiger partial charge in [0.05, 0.1) is 41.4 Å². The number of fused-ring (bicyclic) bond motifs is 1. The number of aryl methyl sites for hydroxylation is 1. The minimum Gasteiger partial charge on any atom is -0.339 e. The highest BCUT2D eigenvalue weighted by atomic mass is 32.2. The van der Waals surface area contributed by atoms with Crippen LogP contribution in [0.4, 0.5) is 0 Å². The third-order valence-corrected chi connectivity index (χ3v) is 6.94. The van der Waals surface area contributed by atoms with E-state index in [1.165, 1.54) is 0 Å². The van der Waals surface area contributed by atoms with Crippen molar-refractivity contribution in [2.24, 2.45) is 11.8 Å². The molecule has 2 heterocycles. The molecule has 0 aliphatic rings. The van der Waals surface area contributed by atoms with Gasteiger partial charge in [0.2, 0.25) is 0 Å². The lowest BCUT2D eigenvalue weighted by atomic mass is 10.1. The molecule has 0 radical (unpaired) electrons. The predicted molar refractivity (Wildman–Crippen MR) is 149 cm³/mol. The van der Waals surface area contributed by atoms with Gasteiger partial charge in [-0.1, -0.05) is 39.8 Å². The lowest BCUT2D eigenvalue weighted by Gasteiger charge is -2.24. The summed E-state index contributed by atoms with van der Waals surface area (Å²) in [6, 6.07) is 13.0. The predicted octanol–water partition coefficient (Wildman–Crippen LogP) is 5.32. The molecule has 9 heteroatoms. The van der Waals surface area contributed by atoms with Crippen LogP contribution in [0.5, 0.6) is 0 Å². The Bertz CT molecular complexity index is 1370. The molecule has 0 saturated carbocycles. The number of imidazole rings is 1. The molecule has 38 heavy (non-hydrogen) atoms. The van der Waals surface area contributed by atoms with Crippen LogP contribution in [-0.2, 0) is 20.7 Å². The van der Waals surface area contributed by atoms with E-state index in [1.54, 1.807) is 12.1 Å². The van der Waals surface area contributed by atoms with Gasteiger partial charge in [0, 0.05) is 24.8 Å². The summed E-state index contributed by atoms with van der Waals surface area (Å²) in [6.45, 7) is 10.1. The summed E-state index contributed by atoms with van der Waals surface area (Å²) < 4.78 is 29.7. The number of hydrogen-bond acceptors (Lipinski definition) is 6. The van der Waals surface area contributed by atoms with Gasteiger partial charge in [-0.25, -0.2) is 4.98 Å². The highest BCUT2D eigenvalue weighted by Crippen LogP contribution is 2.27. The minimum absolute atomic E-state index is 0.00631. The van der Waals surface area contributed by atoms with Crippen molar-refractivity contribution < 1.29 is 17.4 Å². The number of benzene rings is 1. The van der Waals surface area contributed by atoms with E-state index in [2.05, 4.69) is 33.8 Å². The lowest BCUT2D eigenvalue weighted by Crippen LogP contribution is -2.34. The van der Waals surface area contributed by atoms with E-state index in [4.69, 9.17) is 9.17 Å². The normalized spacial score (nSPS) is 11.8. The van der Waals surface area contributed by atoms with Crippen LogP contribution in [0.2, 0.25) is 0 Å². The van der Waals surface area contributed by atoms with Crippen LogP contribution in [-0.4, -0.2) is 54.6 Å². The van der Waals surface area contributed by atoms with Crippen LogP contribution in [0.1, 0.15) is 68.6 Å². The molecule has 0 unspecified atom stereocenters. The monoisotopic (exact) mass is 538 g/mol. The molecule has 3 aromatic rings. The Morgan fingerprint density at radius 3 is 2.24 bits per heavy atom. The van der Waals surface area contributed by atoms with Crippen molar-refractivity contribution in [1.29, 1.82) is 5.26 Å². The van der Waals surface area contributed by atoms with Crippen LogP contribution in [0.15, 0.2) is 42.6 Å². The Kier molecular flexibility index (Phi) is 10.1. The summed E-state index contributed by atoms with van der Waals surface area (Å²) in [6.07, 6.45) is 5.69. The van der Waals surface area contributed by atoms with Crippen LogP contribution >= 0.6 is 0 Å². The van der Waals surface area contributed by atoms with Crippen molar-refractivity contribution in [2.45, 2.75) is 53.4 Å². The van der Waals surface area contributed by atoms with Gasteiger partial charge in [-0.2, -0.15) is 13.7 Å². The molecular weight excluding hydrogens is 500 g/mol. The standard InChI is InChI=1S/C29H38N4O4S/c1-21(2)14-16-32(17-15-22(3)4)29(34)25-12-13-27-31-28(24-10-8-23(19-30)9-11-24)26(33(27)20-25)7-6-18-37-38(5,35)36/h8-13,20-22H,6-7,14-18H2,1-5H3. The van der Waals surface area contributed by atoms with Gasteiger partial charge in [0.1, 0.15) is 5.65 Å². The van der Waals surface area contributed by atoms with Crippen LogP contribution in [0.25, 0.3) is 16.9 Å². The zero-order valence-corrected chi connectivity index (χ0v) is 23.8. The van der Waals surface area contributed by atoms with Crippen molar-refractivity contribution in [3.8, 4) is 17.3 Å². The van der Waals surface area contributed by atoms with E-state index in [0.717, 1.165) is 36.0 Å². The van der Waals surface area contributed by atoms with Crippen LogP contribution in [0.3, 0.4) is 0 Å². The number of nitriles is 1. The smallest absolute Gasteiger partial charge is 0.264 e. The zero-order chi connectivity index (χ0) is 27.9. The third kappa shape index (κ3) is 8.14. The minimum atomic E-state index is -3.53. The molecule has 3 rings (SSSR count). The second-order valence-electron chi connectivity index (χ2n) is 10.5. The van der Waals surface area contributed by atoms with E-state index in [1.807, 2.05) is 39.8 Å². The fourth-order valence-electron chi connectivity index (χ4n) is 4.17. The molecular formula is C29H38N4O4S. The second-order valence-corrected chi connectivity index (χ2v) is 12.2. The molecule has 0 aliphatic heterocycles. The van der Waals surface area contributed by atoms with E-state index in [9.17, 15) is 18.5 Å². The maximum atomic E-state index is 13.6. The summed E-state index contributed by atoms with van der Waals surface area (Å²) in [5.41, 5.74) is 4.26. The van der Waals surface area contributed by atoms with E-state index >= 15 is 0 Å². The average Bonchev–Trinajstić information content (AvgIpc) is 3.23. The first-order chi connectivity index (χ1) is 18.0. The van der Waals surface area contributed by atoms with Gasteiger partial charge in [0.15, 0.2) is 0 Å². The summed E-state index contributed by atoms with van der Waals surface area (Å²) in [5.74, 6) is 0.987. The van der Waals surface area contributed by atoms with E-state index in [-0.39, 0.29) is 12.5 Å². The number of aromatic nitrogens is 2.